The van der Waals surface area contributed by atoms with Gasteiger partial charge in [-0.15, -0.1) is 0 Å². The summed E-state index contributed by atoms with van der Waals surface area (Å²) in [4.78, 5) is 30.6. The number of benzene rings is 1. The second-order valence-corrected chi connectivity index (χ2v) is 5.08. The Morgan fingerprint density at radius 1 is 1.15 bits per heavy atom. The molecule has 0 amide bonds. The topological polar surface area (TPSA) is 78.2 Å². The normalized spacial score (nSPS) is 16.6. The van der Waals surface area contributed by atoms with Crippen LogP contribution in [0.1, 0.15) is 11.1 Å². The Kier molecular flexibility index (Phi) is 3.42. The van der Waals surface area contributed by atoms with E-state index in [9.17, 15) is 9.59 Å². The first-order valence-corrected chi connectivity index (χ1v) is 6.70. The van der Waals surface area contributed by atoms with Crippen LogP contribution in [0.2, 0.25) is 0 Å². The minimum absolute atomic E-state index is 0.605. The van der Waals surface area contributed by atoms with E-state index in [1.165, 1.54) is 0 Å². The number of aryl methyl sites for hydroxylation is 1. The van der Waals surface area contributed by atoms with Crippen molar-refractivity contribution in [2.75, 3.05) is 26.3 Å². The summed E-state index contributed by atoms with van der Waals surface area (Å²) in [5.41, 5.74) is 2.33. The molecule has 3 rings (SSSR count). The molecular weight excluding hydrogens is 258 g/mol. The third-order valence-corrected chi connectivity index (χ3v) is 3.73. The van der Waals surface area contributed by atoms with Gasteiger partial charge in [0, 0.05) is 19.6 Å². The molecule has 0 aliphatic carbocycles. The fraction of sp³-hybridized carbons (Fsp3) is 0.429. The molecule has 0 bridgehead atoms. The average molecular weight is 275 g/mol. The minimum atomic E-state index is -0.612. The molecule has 0 saturated carbocycles. The fourth-order valence-corrected chi connectivity index (χ4v) is 2.53. The zero-order chi connectivity index (χ0) is 14.1. The smallest absolute Gasteiger partial charge is 0.314 e. The second-order valence-electron chi connectivity index (χ2n) is 5.08. The lowest BCUT2D eigenvalue weighted by Gasteiger charge is -2.27. The van der Waals surface area contributed by atoms with Gasteiger partial charge >= 0.3 is 11.1 Å². The summed E-state index contributed by atoms with van der Waals surface area (Å²) in [6.45, 7) is 5.98. The standard InChI is InChI=1S/C14H17N3O3/c1-9-2-3-11-12(16-14(19)13(18)15-11)10(9)8-17-4-6-20-7-5-17/h2-3H,4-8H2,1H3,(H,15,18)(H,16,19). The Morgan fingerprint density at radius 3 is 2.60 bits per heavy atom. The molecule has 1 fully saturated rings. The lowest BCUT2D eigenvalue weighted by Crippen LogP contribution is -2.36. The van der Waals surface area contributed by atoms with Gasteiger partial charge in [0.1, 0.15) is 0 Å². The molecule has 20 heavy (non-hydrogen) atoms. The molecule has 1 saturated heterocycles. The molecule has 106 valence electrons. The van der Waals surface area contributed by atoms with E-state index in [2.05, 4.69) is 14.9 Å². The maximum Gasteiger partial charge on any atom is 0.314 e. The van der Waals surface area contributed by atoms with Crippen LogP contribution in [-0.2, 0) is 11.3 Å². The number of aromatic amines is 2. The number of ether oxygens (including phenoxy) is 1. The number of nitrogens with zero attached hydrogens (tertiary/aromatic N) is 1. The maximum atomic E-state index is 11.6. The number of morpholine rings is 1. The van der Waals surface area contributed by atoms with E-state index < -0.39 is 11.1 Å². The van der Waals surface area contributed by atoms with Crippen molar-refractivity contribution in [1.82, 2.24) is 14.9 Å². The fourth-order valence-electron chi connectivity index (χ4n) is 2.53. The monoisotopic (exact) mass is 275 g/mol. The molecule has 1 aromatic carbocycles. The summed E-state index contributed by atoms with van der Waals surface area (Å²) >= 11 is 0. The van der Waals surface area contributed by atoms with Gasteiger partial charge in [0.15, 0.2) is 0 Å². The van der Waals surface area contributed by atoms with Gasteiger partial charge in [0.25, 0.3) is 0 Å². The van der Waals surface area contributed by atoms with Crippen molar-refractivity contribution in [2.45, 2.75) is 13.5 Å². The highest BCUT2D eigenvalue weighted by molar-refractivity contribution is 5.78. The quantitative estimate of drug-likeness (QED) is 0.776. The average Bonchev–Trinajstić information content (AvgIpc) is 2.45. The number of H-pyrrole nitrogens is 2. The van der Waals surface area contributed by atoms with E-state index in [1.54, 1.807) is 0 Å². The predicted octanol–water partition coefficient (Wildman–Crippen LogP) is 0.357. The summed E-state index contributed by atoms with van der Waals surface area (Å²) in [6.07, 6.45) is 0. The Balaban J connectivity index is 2.08. The van der Waals surface area contributed by atoms with Crippen LogP contribution in [0.15, 0.2) is 21.7 Å². The summed E-state index contributed by atoms with van der Waals surface area (Å²) in [5.74, 6) is 0. The van der Waals surface area contributed by atoms with E-state index in [-0.39, 0.29) is 0 Å². The molecule has 6 nitrogen and oxygen atoms in total. The van der Waals surface area contributed by atoms with Crippen molar-refractivity contribution in [3.05, 3.63) is 44.0 Å². The van der Waals surface area contributed by atoms with Crippen molar-refractivity contribution in [3.8, 4) is 0 Å². The van der Waals surface area contributed by atoms with Crippen LogP contribution in [0.3, 0.4) is 0 Å². The molecule has 2 N–H and O–H groups in total. The minimum Gasteiger partial charge on any atom is -0.379 e. The number of hydrogen-bond donors (Lipinski definition) is 2. The first-order chi connectivity index (χ1) is 9.65. The molecule has 1 aromatic heterocycles. The zero-order valence-electron chi connectivity index (χ0n) is 11.4. The summed E-state index contributed by atoms with van der Waals surface area (Å²) in [6, 6.07) is 3.79. The molecule has 2 heterocycles. The predicted molar refractivity (Wildman–Crippen MR) is 76.0 cm³/mol. The van der Waals surface area contributed by atoms with Gasteiger partial charge < -0.3 is 14.7 Å². The first-order valence-electron chi connectivity index (χ1n) is 6.70. The van der Waals surface area contributed by atoms with Gasteiger partial charge in [0.2, 0.25) is 0 Å². The van der Waals surface area contributed by atoms with Crippen LogP contribution < -0.4 is 11.1 Å². The summed E-state index contributed by atoms with van der Waals surface area (Å²) in [7, 11) is 0. The molecule has 0 spiro atoms. The van der Waals surface area contributed by atoms with Crippen molar-refractivity contribution in [1.29, 1.82) is 0 Å². The molecule has 2 aromatic rings. The highest BCUT2D eigenvalue weighted by Crippen LogP contribution is 2.19. The van der Waals surface area contributed by atoms with Gasteiger partial charge in [0.05, 0.1) is 24.2 Å². The van der Waals surface area contributed by atoms with E-state index >= 15 is 0 Å². The van der Waals surface area contributed by atoms with Crippen LogP contribution in [0, 0.1) is 6.92 Å². The Bertz CT molecular complexity index is 741. The Hall–Kier alpha value is -1.92. The van der Waals surface area contributed by atoms with Crippen molar-refractivity contribution in [3.63, 3.8) is 0 Å². The lowest BCUT2D eigenvalue weighted by atomic mass is 10.1. The summed E-state index contributed by atoms with van der Waals surface area (Å²) in [5, 5.41) is 0. The molecule has 0 atom stereocenters. The van der Waals surface area contributed by atoms with Gasteiger partial charge in [-0.25, -0.2) is 0 Å². The second kappa shape index (κ2) is 5.22. The van der Waals surface area contributed by atoms with Crippen LogP contribution >= 0.6 is 0 Å². The number of aromatic nitrogens is 2. The number of fused-ring (bicyclic) bond motifs is 1. The third kappa shape index (κ3) is 2.39. The van der Waals surface area contributed by atoms with Crippen LogP contribution in [0.5, 0.6) is 0 Å². The number of hydrogen-bond acceptors (Lipinski definition) is 4. The SMILES string of the molecule is Cc1ccc2[nH]c(=O)c(=O)[nH]c2c1CN1CCOCC1. The highest BCUT2D eigenvalue weighted by atomic mass is 16.5. The first kappa shape index (κ1) is 13.1. The number of nitrogens with one attached hydrogen (secondary N) is 2. The molecule has 6 heteroatoms. The van der Waals surface area contributed by atoms with Crippen LogP contribution in [-0.4, -0.2) is 41.2 Å². The van der Waals surface area contributed by atoms with Crippen LogP contribution in [0.4, 0.5) is 0 Å². The van der Waals surface area contributed by atoms with E-state index in [0.29, 0.717) is 5.52 Å². The van der Waals surface area contributed by atoms with Crippen molar-refractivity contribution >= 4 is 11.0 Å². The number of rotatable bonds is 2. The Labute approximate surface area is 115 Å². The van der Waals surface area contributed by atoms with E-state index in [4.69, 9.17) is 4.74 Å². The largest absolute Gasteiger partial charge is 0.379 e. The van der Waals surface area contributed by atoms with E-state index in [1.807, 2.05) is 19.1 Å². The van der Waals surface area contributed by atoms with Gasteiger partial charge in [-0.3, -0.25) is 14.5 Å². The molecule has 1 aliphatic heterocycles. The van der Waals surface area contributed by atoms with Gasteiger partial charge in [-0.2, -0.15) is 0 Å². The molecular formula is C14H17N3O3. The molecule has 0 radical (unpaired) electrons. The van der Waals surface area contributed by atoms with Crippen molar-refractivity contribution < 1.29 is 4.74 Å². The molecule has 0 unspecified atom stereocenters. The maximum absolute atomic E-state index is 11.6. The lowest BCUT2D eigenvalue weighted by molar-refractivity contribution is 0.0342. The third-order valence-electron chi connectivity index (χ3n) is 3.73. The van der Waals surface area contributed by atoms with Gasteiger partial charge in [-0.05, 0) is 24.1 Å². The van der Waals surface area contributed by atoms with Crippen molar-refractivity contribution in [2.24, 2.45) is 0 Å². The summed E-state index contributed by atoms with van der Waals surface area (Å²) < 4.78 is 5.34. The molecule has 1 aliphatic rings. The van der Waals surface area contributed by atoms with E-state index in [0.717, 1.165) is 49.5 Å². The highest BCUT2D eigenvalue weighted by Gasteiger charge is 2.15. The zero-order valence-corrected chi connectivity index (χ0v) is 11.4. The van der Waals surface area contributed by atoms with Crippen LogP contribution in [0.25, 0.3) is 11.0 Å². The Morgan fingerprint density at radius 2 is 1.85 bits per heavy atom. The van der Waals surface area contributed by atoms with Gasteiger partial charge in [-0.1, -0.05) is 6.07 Å².